The molecule has 0 bridgehead atoms. The van der Waals surface area contributed by atoms with Gasteiger partial charge in [-0.15, -0.1) is 0 Å². The molecule has 19 heavy (non-hydrogen) atoms. The molecular weight excluding hydrogens is 266 g/mol. The van der Waals surface area contributed by atoms with Crippen LogP contribution in [0.4, 0.5) is 0 Å². The normalized spacial score (nSPS) is 12.2. The van der Waals surface area contributed by atoms with Crippen LogP contribution in [0, 0.1) is 0 Å². The number of aryl methyl sites for hydroxylation is 1. The third-order valence-electron chi connectivity index (χ3n) is 2.63. The summed E-state index contributed by atoms with van der Waals surface area (Å²) in [6.45, 7) is 5.48. The Morgan fingerprint density at radius 3 is 2.53 bits per heavy atom. The molecular formula is C11H23N5O2S. The molecule has 0 spiro atoms. The van der Waals surface area contributed by atoms with E-state index in [9.17, 15) is 8.42 Å². The van der Waals surface area contributed by atoms with Crippen molar-refractivity contribution in [3.05, 3.63) is 12.2 Å². The van der Waals surface area contributed by atoms with Crippen LogP contribution >= 0.6 is 0 Å². The van der Waals surface area contributed by atoms with Crippen LogP contribution in [0.3, 0.4) is 0 Å². The van der Waals surface area contributed by atoms with Crippen LogP contribution in [0.2, 0.25) is 0 Å². The molecule has 1 aromatic rings. The fraction of sp³-hybridized carbons (Fsp3) is 0.818. The maximum atomic E-state index is 12.1. The summed E-state index contributed by atoms with van der Waals surface area (Å²) in [6, 6.07) is 0. The van der Waals surface area contributed by atoms with E-state index in [1.54, 1.807) is 0 Å². The van der Waals surface area contributed by atoms with Gasteiger partial charge in [0.05, 0.1) is 0 Å². The molecule has 0 radical (unpaired) electrons. The van der Waals surface area contributed by atoms with Gasteiger partial charge in [-0.3, -0.25) is 5.10 Å². The van der Waals surface area contributed by atoms with Crippen molar-refractivity contribution in [1.82, 2.24) is 24.2 Å². The van der Waals surface area contributed by atoms with Gasteiger partial charge in [0.25, 0.3) is 10.2 Å². The maximum absolute atomic E-state index is 12.1. The fourth-order valence-electron chi connectivity index (χ4n) is 1.75. The Balaban J connectivity index is 2.36. The van der Waals surface area contributed by atoms with Crippen LogP contribution in [0.15, 0.2) is 6.33 Å². The Bertz CT molecular complexity index is 426. The summed E-state index contributed by atoms with van der Waals surface area (Å²) in [5.74, 6) is 0.776. The van der Waals surface area contributed by atoms with E-state index >= 15 is 0 Å². The van der Waals surface area contributed by atoms with Crippen LogP contribution in [-0.2, 0) is 16.6 Å². The Hall–Kier alpha value is -0.990. The Morgan fingerprint density at radius 1 is 1.32 bits per heavy atom. The molecule has 0 aromatic carbocycles. The first-order chi connectivity index (χ1) is 9.10. The third-order valence-corrected chi connectivity index (χ3v) is 4.24. The lowest BCUT2D eigenvalue weighted by atomic mass is 10.3. The lowest BCUT2D eigenvalue weighted by Crippen LogP contribution is -2.42. The summed E-state index contributed by atoms with van der Waals surface area (Å²) in [7, 11) is -3.35. The Kier molecular flexibility index (Phi) is 6.96. The first-order valence-electron chi connectivity index (χ1n) is 6.69. The molecule has 2 N–H and O–H groups in total. The van der Waals surface area contributed by atoms with Crippen molar-refractivity contribution in [3.8, 4) is 0 Å². The Morgan fingerprint density at radius 2 is 2.00 bits per heavy atom. The number of H-pyrrole nitrogens is 1. The van der Waals surface area contributed by atoms with Crippen LogP contribution in [0.25, 0.3) is 0 Å². The summed E-state index contributed by atoms with van der Waals surface area (Å²) in [5, 5.41) is 6.49. The number of hydrogen-bond acceptors (Lipinski definition) is 4. The lowest BCUT2D eigenvalue weighted by Gasteiger charge is -2.21. The van der Waals surface area contributed by atoms with E-state index in [2.05, 4.69) is 19.9 Å². The first-order valence-corrected chi connectivity index (χ1v) is 8.13. The second-order valence-electron chi connectivity index (χ2n) is 4.33. The minimum absolute atomic E-state index is 0.410. The number of aromatic nitrogens is 3. The van der Waals surface area contributed by atoms with Crippen molar-refractivity contribution < 1.29 is 8.42 Å². The molecule has 0 aliphatic carbocycles. The lowest BCUT2D eigenvalue weighted by molar-refractivity contribution is 0.401. The van der Waals surface area contributed by atoms with Gasteiger partial charge in [0, 0.05) is 26.1 Å². The number of hydrogen-bond donors (Lipinski definition) is 2. The quantitative estimate of drug-likeness (QED) is 0.620. The average molecular weight is 289 g/mol. The summed E-state index contributed by atoms with van der Waals surface area (Å²) < 4.78 is 28.2. The number of nitrogens with one attached hydrogen (secondary N) is 2. The minimum atomic E-state index is -3.35. The van der Waals surface area contributed by atoms with Crippen LogP contribution < -0.4 is 4.72 Å². The van der Waals surface area contributed by atoms with Crippen molar-refractivity contribution in [3.63, 3.8) is 0 Å². The molecule has 0 unspecified atom stereocenters. The molecule has 0 aliphatic heterocycles. The highest BCUT2D eigenvalue weighted by atomic mass is 32.2. The monoisotopic (exact) mass is 289 g/mol. The van der Waals surface area contributed by atoms with Crippen LogP contribution in [0.5, 0.6) is 0 Å². The van der Waals surface area contributed by atoms with E-state index in [1.807, 2.05) is 13.8 Å². The van der Waals surface area contributed by atoms with Gasteiger partial charge < -0.3 is 0 Å². The van der Waals surface area contributed by atoms with Gasteiger partial charge in [0.1, 0.15) is 12.2 Å². The molecule has 1 rings (SSSR count). The van der Waals surface area contributed by atoms with E-state index < -0.39 is 10.2 Å². The predicted molar refractivity (Wildman–Crippen MR) is 73.8 cm³/mol. The molecule has 0 amide bonds. The van der Waals surface area contributed by atoms with Crippen molar-refractivity contribution in [2.24, 2.45) is 0 Å². The highest BCUT2D eigenvalue weighted by Crippen LogP contribution is 2.02. The molecule has 110 valence electrons. The molecule has 0 aliphatic rings. The van der Waals surface area contributed by atoms with Crippen LogP contribution in [-0.4, -0.2) is 47.5 Å². The van der Waals surface area contributed by atoms with Crippen molar-refractivity contribution in [2.45, 2.75) is 39.5 Å². The number of aromatic amines is 1. The molecule has 0 fully saturated rings. The number of rotatable bonds is 10. The van der Waals surface area contributed by atoms with Gasteiger partial charge >= 0.3 is 0 Å². The number of nitrogens with zero attached hydrogens (tertiary/aromatic N) is 3. The summed E-state index contributed by atoms with van der Waals surface area (Å²) in [5.41, 5.74) is 0. The van der Waals surface area contributed by atoms with Gasteiger partial charge in [-0.1, -0.05) is 13.8 Å². The van der Waals surface area contributed by atoms with Crippen LogP contribution in [0.1, 0.15) is 38.9 Å². The van der Waals surface area contributed by atoms with Crippen molar-refractivity contribution in [2.75, 3.05) is 19.6 Å². The van der Waals surface area contributed by atoms with Gasteiger partial charge in [0.2, 0.25) is 0 Å². The largest absolute Gasteiger partial charge is 0.279 e. The van der Waals surface area contributed by atoms with E-state index in [-0.39, 0.29) is 0 Å². The SMILES string of the molecule is CCCN(CCC)S(=O)(=O)NCCCc1ncn[nH]1. The van der Waals surface area contributed by atoms with E-state index in [1.165, 1.54) is 10.6 Å². The zero-order chi connectivity index (χ0) is 14.1. The summed E-state index contributed by atoms with van der Waals surface area (Å²) in [6.07, 6.45) is 4.46. The third kappa shape index (κ3) is 5.66. The minimum Gasteiger partial charge on any atom is -0.263 e. The maximum Gasteiger partial charge on any atom is 0.279 e. The average Bonchev–Trinajstić information content (AvgIpc) is 2.87. The molecule has 1 heterocycles. The van der Waals surface area contributed by atoms with Crippen molar-refractivity contribution >= 4 is 10.2 Å². The summed E-state index contributed by atoms with van der Waals surface area (Å²) in [4.78, 5) is 3.99. The molecule has 7 nitrogen and oxygen atoms in total. The molecule has 0 atom stereocenters. The zero-order valence-corrected chi connectivity index (χ0v) is 12.4. The van der Waals surface area contributed by atoms with E-state index in [0.717, 1.165) is 18.7 Å². The van der Waals surface area contributed by atoms with Gasteiger partial charge in [-0.05, 0) is 19.3 Å². The van der Waals surface area contributed by atoms with E-state index in [0.29, 0.717) is 32.5 Å². The van der Waals surface area contributed by atoms with Gasteiger partial charge in [-0.25, -0.2) is 9.71 Å². The Labute approximate surface area is 115 Å². The molecule has 0 saturated carbocycles. The van der Waals surface area contributed by atoms with E-state index in [4.69, 9.17) is 0 Å². The molecule has 8 heteroatoms. The van der Waals surface area contributed by atoms with Gasteiger partial charge in [-0.2, -0.15) is 17.8 Å². The topological polar surface area (TPSA) is 91.0 Å². The standard InChI is InChI=1S/C11H23N5O2S/c1-3-8-16(9-4-2)19(17,18)14-7-5-6-11-12-10-13-15-11/h10,14H,3-9H2,1-2H3,(H,12,13,15). The highest BCUT2D eigenvalue weighted by molar-refractivity contribution is 7.87. The predicted octanol–water partition coefficient (Wildman–Crippen LogP) is 0.694. The second kappa shape index (κ2) is 8.23. The zero-order valence-electron chi connectivity index (χ0n) is 11.6. The summed E-state index contributed by atoms with van der Waals surface area (Å²) >= 11 is 0. The smallest absolute Gasteiger partial charge is 0.263 e. The second-order valence-corrected chi connectivity index (χ2v) is 6.09. The molecule has 1 aromatic heterocycles. The highest BCUT2D eigenvalue weighted by Gasteiger charge is 2.19. The van der Waals surface area contributed by atoms with Crippen molar-refractivity contribution in [1.29, 1.82) is 0 Å². The fourth-order valence-corrected chi connectivity index (χ4v) is 3.18. The first kappa shape index (κ1) is 16.1. The van der Waals surface area contributed by atoms with Gasteiger partial charge in [0.15, 0.2) is 0 Å². The molecule has 0 saturated heterocycles.